The van der Waals surface area contributed by atoms with Crippen molar-refractivity contribution in [2.75, 3.05) is 17.6 Å². The van der Waals surface area contributed by atoms with Crippen molar-refractivity contribution in [2.45, 2.75) is 18.4 Å². The molecule has 0 saturated carbocycles. The first-order valence-corrected chi connectivity index (χ1v) is 9.42. The molecule has 1 heterocycles. The van der Waals surface area contributed by atoms with Gasteiger partial charge in [0.2, 0.25) is 11.8 Å². The van der Waals surface area contributed by atoms with Crippen LogP contribution in [0.5, 0.6) is 0 Å². The number of hydrogen-bond donors (Lipinski definition) is 2. The molecule has 0 radical (unpaired) electrons. The molecule has 6 heteroatoms. The number of fused-ring (bicyclic) bond motifs is 1. The molecule has 134 valence electrons. The Morgan fingerprint density at radius 3 is 2.62 bits per heavy atom. The van der Waals surface area contributed by atoms with E-state index < -0.39 is 0 Å². The van der Waals surface area contributed by atoms with Crippen LogP contribution in [0.25, 0.3) is 10.9 Å². The van der Waals surface area contributed by atoms with Gasteiger partial charge < -0.3 is 15.2 Å². The lowest BCUT2D eigenvalue weighted by molar-refractivity contribution is -0.121. The van der Waals surface area contributed by atoms with Crippen LogP contribution in [0.1, 0.15) is 6.92 Å². The maximum atomic E-state index is 12.2. The zero-order valence-corrected chi connectivity index (χ0v) is 15.4. The Balaban J connectivity index is 1.55. The SMILES string of the molecule is CC(=O)Nc1cccc2c1ccn2CC(=O)NCCSc1ccccc1. The second-order valence-corrected chi connectivity index (χ2v) is 7.04. The molecular formula is C20H21N3O2S. The number of nitrogens with zero attached hydrogens (tertiary/aromatic N) is 1. The maximum Gasteiger partial charge on any atom is 0.239 e. The first kappa shape index (κ1) is 18.1. The third-order valence-electron chi connectivity index (χ3n) is 3.87. The zero-order chi connectivity index (χ0) is 18.4. The first-order valence-electron chi connectivity index (χ1n) is 8.43. The minimum Gasteiger partial charge on any atom is -0.354 e. The molecule has 0 aliphatic carbocycles. The Hall–Kier alpha value is -2.73. The van der Waals surface area contributed by atoms with Crippen molar-refractivity contribution in [3.05, 3.63) is 60.8 Å². The van der Waals surface area contributed by atoms with Crippen LogP contribution in [0.4, 0.5) is 5.69 Å². The Morgan fingerprint density at radius 1 is 1.04 bits per heavy atom. The number of carbonyl (C=O) groups excluding carboxylic acids is 2. The second-order valence-electron chi connectivity index (χ2n) is 5.87. The number of rotatable bonds is 7. The van der Waals surface area contributed by atoms with Gasteiger partial charge >= 0.3 is 0 Å². The van der Waals surface area contributed by atoms with Gasteiger partial charge in [0.1, 0.15) is 6.54 Å². The highest BCUT2D eigenvalue weighted by atomic mass is 32.2. The fraction of sp³-hybridized carbons (Fsp3) is 0.200. The van der Waals surface area contributed by atoms with Crippen LogP contribution in [-0.4, -0.2) is 28.7 Å². The second kappa shape index (κ2) is 8.58. The summed E-state index contributed by atoms with van der Waals surface area (Å²) in [6, 6.07) is 17.7. The van der Waals surface area contributed by atoms with Crippen LogP contribution in [0.2, 0.25) is 0 Å². The van der Waals surface area contributed by atoms with Gasteiger partial charge in [-0.25, -0.2) is 0 Å². The Labute approximate surface area is 156 Å². The van der Waals surface area contributed by atoms with E-state index in [0.29, 0.717) is 6.54 Å². The first-order chi connectivity index (χ1) is 12.6. The van der Waals surface area contributed by atoms with Crippen molar-refractivity contribution in [3.63, 3.8) is 0 Å². The van der Waals surface area contributed by atoms with E-state index >= 15 is 0 Å². The van der Waals surface area contributed by atoms with Crippen LogP contribution in [0.15, 0.2) is 65.7 Å². The summed E-state index contributed by atoms with van der Waals surface area (Å²) in [5, 5.41) is 6.69. The summed E-state index contributed by atoms with van der Waals surface area (Å²) in [5.41, 5.74) is 1.68. The van der Waals surface area contributed by atoms with Gasteiger partial charge in [-0.3, -0.25) is 9.59 Å². The molecule has 0 aliphatic heterocycles. The summed E-state index contributed by atoms with van der Waals surface area (Å²) in [7, 11) is 0. The van der Waals surface area contributed by atoms with Gasteiger partial charge in [0.05, 0.1) is 11.2 Å². The van der Waals surface area contributed by atoms with Crippen molar-refractivity contribution < 1.29 is 9.59 Å². The van der Waals surface area contributed by atoms with Crippen molar-refractivity contribution in [2.24, 2.45) is 0 Å². The highest BCUT2D eigenvalue weighted by Gasteiger charge is 2.09. The number of carbonyl (C=O) groups is 2. The number of benzene rings is 2. The van der Waals surface area contributed by atoms with Crippen LogP contribution in [0.3, 0.4) is 0 Å². The molecule has 0 aliphatic rings. The van der Waals surface area contributed by atoms with Crippen molar-refractivity contribution >= 4 is 40.2 Å². The Kier molecular flexibility index (Phi) is 5.96. The fourth-order valence-corrected chi connectivity index (χ4v) is 3.54. The molecule has 2 aromatic carbocycles. The van der Waals surface area contributed by atoms with E-state index in [2.05, 4.69) is 22.8 Å². The topological polar surface area (TPSA) is 63.1 Å². The van der Waals surface area contributed by atoms with Gasteiger partial charge in [-0.05, 0) is 30.3 Å². The number of thioether (sulfide) groups is 1. The quantitative estimate of drug-likeness (QED) is 0.496. The minimum atomic E-state index is -0.112. The molecule has 2 N–H and O–H groups in total. The molecule has 3 rings (SSSR count). The van der Waals surface area contributed by atoms with Gasteiger partial charge in [-0.2, -0.15) is 0 Å². The van der Waals surface area contributed by atoms with Crippen molar-refractivity contribution in [1.82, 2.24) is 9.88 Å². The van der Waals surface area contributed by atoms with Gasteiger partial charge in [-0.1, -0.05) is 24.3 Å². The normalized spacial score (nSPS) is 10.7. The lowest BCUT2D eigenvalue weighted by atomic mass is 10.2. The molecule has 0 fully saturated rings. The highest BCUT2D eigenvalue weighted by molar-refractivity contribution is 7.99. The van der Waals surface area contributed by atoms with E-state index in [1.54, 1.807) is 11.8 Å². The summed E-state index contributed by atoms with van der Waals surface area (Å²) < 4.78 is 1.89. The predicted molar refractivity (Wildman–Crippen MR) is 106 cm³/mol. The van der Waals surface area contributed by atoms with Crippen LogP contribution in [-0.2, 0) is 16.1 Å². The standard InChI is InChI=1S/C20H21N3O2S/c1-15(24)22-18-8-5-9-19-17(18)10-12-23(19)14-20(25)21-11-13-26-16-6-3-2-4-7-16/h2-10,12H,11,13-14H2,1H3,(H,21,25)(H,22,24). The molecule has 2 amide bonds. The number of aromatic nitrogens is 1. The number of hydrogen-bond acceptors (Lipinski definition) is 3. The monoisotopic (exact) mass is 367 g/mol. The van der Waals surface area contributed by atoms with E-state index in [4.69, 9.17) is 0 Å². The van der Waals surface area contributed by atoms with E-state index in [1.165, 1.54) is 11.8 Å². The molecule has 26 heavy (non-hydrogen) atoms. The van der Waals surface area contributed by atoms with E-state index in [9.17, 15) is 9.59 Å². The van der Waals surface area contributed by atoms with Crippen LogP contribution in [0, 0.1) is 0 Å². The van der Waals surface area contributed by atoms with Gasteiger partial charge in [0.15, 0.2) is 0 Å². The summed E-state index contributed by atoms with van der Waals surface area (Å²) in [4.78, 5) is 24.7. The molecule has 0 saturated heterocycles. The molecule has 5 nitrogen and oxygen atoms in total. The number of nitrogens with one attached hydrogen (secondary N) is 2. The van der Waals surface area contributed by atoms with Crippen LogP contribution >= 0.6 is 11.8 Å². The predicted octanol–water partition coefficient (Wildman–Crippen LogP) is 3.51. The molecule has 1 aromatic heterocycles. The minimum absolute atomic E-state index is 0.0268. The highest BCUT2D eigenvalue weighted by Crippen LogP contribution is 2.24. The van der Waals surface area contributed by atoms with Gasteiger partial charge in [0.25, 0.3) is 0 Å². The van der Waals surface area contributed by atoms with Crippen molar-refractivity contribution in [1.29, 1.82) is 0 Å². The smallest absolute Gasteiger partial charge is 0.239 e. The zero-order valence-electron chi connectivity index (χ0n) is 14.6. The average molecular weight is 367 g/mol. The summed E-state index contributed by atoms with van der Waals surface area (Å²) >= 11 is 1.72. The summed E-state index contributed by atoms with van der Waals surface area (Å²) in [6.07, 6.45) is 1.87. The molecular weight excluding hydrogens is 346 g/mol. The maximum absolute atomic E-state index is 12.2. The van der Waals surface area contributed by atoms with Gasteiger partial charge in [0, 0.05) is 35.7 Å². The largest absolute Gasteiger partial charge is 0.354 e. The van der Waals surface area contributed by atoms with E-state index in [-0.39, 0.29) is 18.4 Å². The molecule has 0 spiro atoms. The Bertz CT molecular complexity index is 906. The summed E-state index contributed by atoms with van der Waals surface area (Å²) in [6.45, 7) is 2.36. The molecule has 0 atom stereocenters. The lowest BCUT2D eigenvalue weighted by Gasteiger charge is -2.09. The third kappa shape index (κ3) is 4.67. The summed E-state index contributed by atoms with van der Waals surface area (Å²) in [5.74, 6) is 0.689. The number of amides is 2. The molecule has 0 bridgehead atoms. The van der Waals surface area contributed by atoms with Crippen LogP contribution < -0.4 is 10.6 Å². The molecule has 0 unspecified atom stereocenters. The Morgan fingerprint density at radius 2 is 1.85 bits per heavy atom. The average Bonchev–Trinajstić information content (AvgIpc) is 3.03. The van der Waals surface area contributed by atoms with Crippen molar-refractivity contribution in [3.8, 4) is 0 Å². The van der Waals surface area contributed by atoms with Gasteiger partial charge in [-0.15, -0.1) is 11.8 Å². The fourth-order valence-electron chi connectivity index (χ4n) is 2.75. The van der Waals surface area contributed by atoms with E-state index in [0.717, 1.165) is 22.3 Å². The van der Waals surface area contributed by atoms with E-state index in [1.807, 2.05) is 53.2 Å². The molecule has 3 aromatic rings. The number of anilines is 1. The third-order valence-corrected chi connectivity index (χ3v) is 4.89. The lowest BCUT2D eigenvalue weighted by Crippen LogP contribution is -2.29.